The second-order valence-electron chi connectivity index (χ2n) is 4.46. The van der Waals surface area contributed by atoms with Crippen LogP contribution in [0.5, 0.6) is 0 Å². The summed E-state index contributed by atoms with van der Waals surface area (Å²) in [5, 5.41) is 9.99. The molecule has 0 bridgehead atoms. The van der Waals surface area contributed by atoms with Gasteiger partial charge in [-0.3, -0.25) is 14.5 Å². The lowest BCUT2D eigenvalue weighted by Gasteiger charge is -2.27. The number of thiophene rings is 1. The molecule has 0 radical (unpaired) electrons. The van der Waals surface area contributed by atoms with Crippen molar-refractivity contribution in [2.24, 2.45) is 0 Å². The summed E-state index contributed by atoms with van der Waals surface area (Å²) in [4.78, 5) is 34.8. The molecular formula is C11H12N2O6S2. The van der Waals surface area contributed by atoms with E-state index in [1.165, 1.54) is 12.4 Å². The minimum absolute atomic E-state index is 0.0697. The van der Waals surface area contributed by atoms with Crippen LogP contribution in [0.1, 0.15) is 23.2 Å². The van der Waals surface area contributed by atoms with Gasteiger partial charge >= 0.3 is 5.97 Å². The van der Waals surface area contributed by atoms with Crippen molar-refractivity contribution in [3.05, 3.63) is 17.0 Å². The van der Waals surface area contributed by atoms with E-state index in [4.69, 9.17) is 5.11 Å². The van der Waals surface area contributed by atoms with Crippen LogP contribution in [-0.4, -0.2) is 49.3 Å². The molecule has 10 heteroatoms. The minimum atomic E-state index is -4.00. The van der Waals surface area contributed by atoms with Gasteiger partial charge in [0.1, 0.15) is 10.3 Å². The first-order valence-corrected chi connectivity index (χ1v) is 8.23. The highest BCUT2D eigenvalue weighted by atomic mass is 32.2. The van der Waals surface area contributed by atoms with E-state index in [2.05, 4.69) is 4.72 Å². The highest BCUT2D eigenvalue weighted by molar-refractivity contribution is 7.91. The average molecular weight is 332 g/mol. The highest BCUT2D eigenvalue weighted by Crippen LogP contribution is 2.22. The Morgan fingerprint density at radius 2 is 2.14 bits per heavy atom. The molecule has 0 spiro atoms. The normalized spacial score (nSPS) is 19.9. The van der Waals surface area contributed by atoms with Crippen LogP contribution in [-0.2, 0) is 19.6 Å². The maximum absolute atomic E-state index is 12.1. The lowest BCUT2D eigenvalue weighted by atomic mass is 10.1. The maximum atomic E-state index is 12.1. The van der Waals surface area contributed by atoms with Gasteiger partial charge in [0.25, 0.3) is 10.0 Å². The molecule has 0 aliphatic carbocycles. The van der Waals surface area contributed by atoms with Crippen LogP contribution in [0, 0.1) is 0 Å². The van der Waals surface area contributed by atoms with E-state index >= 15 is 0 Å². The average Bonchev–Trinajstić information content (AvgIpc) is 2.90. The van der Waals surface area contributed by atoms with Gasteiger partial charge in [-0.05, 0) is 12.5 Å². The van der Waals surface area contributed by atoms with Crippen LogP contribution < -0.4 is 4.72 Å². The monoisotopic (exact) mass is 332 g/mol. The summed E-state index contributed by atoms with van der Waals surface area (Å²) in [5.74, 6) is -2.21. The minimum Gasteiger partial charge on any atom is -0.478 e. The third kappa shape index (κ3) is 3.12. The standard InChI is InChI=1S/C11H12N2O6S2/c1-13-8(14)3-2-7(10(13)15)12-21(18,19)9-4-6(5-20-9)11(16)17/h4-5,7,12H,2-3H2,1H3,(H,16,17). The van der Waals surface area contributed by atoms with E-state index in [0.717, 1.165) is 22.3 Å². The third-order valence-electron chi connectivity index (χ3n) is 3.03. The van der Waals surface area contributed by atoms with Crippen molar-refractivity contribution in [1.29, 1.82) is 0 Å². The van der Waals surface area contributed by atoms with Crippen molar-refractivity contribution < 1.29 is 27.9 Å². The number of likely N-dealkylation sites (tertiary alicyclic amines) is 1. The Balaban J connectivity index is 2.19. The predicted octanol–water partition coefficient (Wildman–Crippen LogP) is -0.128. The number of nitrogens with zero attached hydrogens (tertiary/aromatic N) is 1. The Hall–Kier alpha value is -1.78. The summed E-state index contributed by atoms with van der Waals surface area (Å²) in [7, 11) is -2.71. The molecule has 0 saturated carbocycles. The number of carboxylic acids is 1. The quantitative estimate of drug-likeness (QED) is 0.741. The second kappa shape index (κ2) is 5.54. The Labute approximate surface area is 124 Å². The second-order valence-corrected chi connectivity index (χ2v) is 7.32. The number of nitrogens with one attached hydrogen (secondary N) is 1. The number of sulfonamides is 1. The van der Waals surface area contributed by atoms with Crippen LogP contribution in [0.3, 0.4) is 0 Å². The van der Waals surface area contributed by atoms with Gasteiger partial charge in [0, 0.05) is 18.8 Å². The van der Waals surface area contributed by atoms with Crippen LogP contribution in [0.2, 0.25) is 0 Å². The zero-order valence-corrected chi connectivity index (χ0v) is 12.5. The molecule has 2 rings (SSSR count). The van der Waals surface area contributed by atoms with Crippen molar-refractivity contribution in [3.8, 4) is 0 Å². The SMILES string of the molecule is CN1C(=O)CCC(NS(=O)(=O)c2cc(C(=O)O)cs2)C1=O. The van der Waals surface area contributed by atoms with Gasteiger partial charge in [-0.1, -0.05) is 0 Å². The number of rotatable bonds is 4. The molecule has 0 aromatic carbocycles. The van der Waals surface area contributed by atoms with E-state index in [9.17, 15) is 22.8 Å². The fraction of sp³-hybridized carbons (Fsp3) is 0.364. The molecule has 1 aromatic heterocycles. The van der Waals surface area contributed by atoms with E-state index in [-0.39, 0.29) is 28.5 Å². The smallest absolute Gasteiger partial charge is 0.336 e. The lowest BCUT2D eigenvalue weighted by molar-refractivity contribution is -0.147. The molecule has 2 N–H and O–H groups in total. The molecule has 1 unspecified atom stereocenters. The lowest BCUT2D eigenvalue weighted by Crippen LogP contribution is -2.52. The number of aromatic carboxylic acids is 1. The molecule has 1 atom stereocenters. The summed E-state index contributed by atoms with van der Waals surface area (Å²) in [6.45, 7) is 0. The number of carboxylic acid groups (broad SMARTS) is 1. The first kappa shape index (κ1) is 15.6. The summed E-state index contributed by atoms with van der Waals surface area (Å²) < 4.78 is 26.3. The van der Waals surface area contributed by atoms with E-state index in [1.54, 1.807) is 0 Å². The van der Waals surface area contributed by atoms with Crippen molar-refractivity contribution in [3.63, 3.8) is 0 Å². The van der Waals surface area contributed by atoms with Gasteiger partial charge in [-0.2, -0.15) is 4.72 Å². The number of carbonyl (C=O) groups excluding carboxylic acids is 2. The van der Waals surface area contributed by atoms with Crippen LogP contribution in [0.25, 0.3) is 0 Å². The molecule has 114 valence electrons. The number of carbonyl (C=O) groups is 3. The van der Waals surface area contributed by atoms with Gasteiger partial charge in [0.05, 0.1) is 5.56 Å². The molecule has 1 fully saturated rings. The Kier molecular flexibility index (Phi) is 4.12. The summed E-state index contributed by atoms with van der Waals surface area (Å²) in [6, 6.07) is 0.00500. The number of piperidine rings is 1. The zero-order chi connectivity index (χ0) is 15.8. The Morgan fingerprint density at radius 1 is 1.48 bits per heavy atom. The zero-order valence-electron chi connectivity index (χ0n) is 10.9. The van der Waals surface area contributed by atoms with Gasteiger partial charge in [-0.15, -0.1) is 11.3 Å². The topological polar surface area (TPSA) is 121 Å². The molecule has 1 aromatic rings. The molecule has 1 saturated heterocycles. The van der Waals surface area contributed by atoms with Crippen LogP contribution in [0.15, 0.2) is 15.7 Å². The molecular weight excluding hydrogens is 320 g/mol. The summed E-state index contributed by atoms with van der Waals surface area (Å²) in [5.41, 5.74) is -0.136. The third-order valence-corrected chi connectivity index (χ3v) is 5.95. The number of amides is 2. The molecule has 1 aliphatic rings. The number of imide groups is 1. The van der Waals surface area contributed by atoms with Crippen molar-refractivity contribution in [2.45, 2.75) is 23.1 Å². The first-order chi connectivity index (χ1) is 9.72. The van der Waals surface area contributed by atoms with E-state index < -0.39 is 27.9 Å². The molecule has 1 aliphatic heterocycles. The van der Waals surface area contributed by atoms with Gasteiger partial charge < -0.3 is 5.11 Å². The van der Waals surface area contributed by atoms with E-state index in [0.29, 0.717) is 0 Å². The summed E-state index contributed by atoms with van der Waals surface area (Å²) >= 11 is 0.753. The van der Waals surface area contributed by atoms with Gasteiger partial charge in [0.15, 0.2) is 0 Å². The Bertz CT molecular complexity index is 708. The maximum Gasteiger partial charge on any atom is 0.336 e. The van der Waals surface area contributed by atoms with Crippen LogP contribution >= 0.6 is 11.3 Å². The van der Waals surface area contributed by atoms with E-state index in [1.807, 2.05) is 0 Å². The molecule has 8 nitrogen and oxygen atoms in total. The predicted molar refractivity (Wildman–Crippen MR) is 72.4 cm³/mol. The van der Waals surface area contributed by atoms with Crippen molar-refractivity contribution in [1.82, 2.24) is 9.62 Å². The fourth-order valence-electron chi connectivity index (χ4n) is 1.84. The molecule has 2 heterocycles. The molecule has 21 heavy (non-hydrogen) atoms. The van der Waals surface area contributed by atoms with Gasteiger partial charge in [-0.25, -0.2) is 13.2 Å². The number of hydrogen-bond acceptors (Lipinski definition) is 6. The first-order valence-electron chi connectivity index (χ1n) is 5.87. The largest absolute Gasteiger partial charge is 0.478 e. The molecule has 2 amide bonds. The van der Waals surface area contributed by atoms with Gasteiger partial charge in [0.2, 0.25) is 11.8 Å². The number of likely N-dealkylation sites (N-methyl/N-ethyl adjacent to an activating group) is 1. The van der Waals surface area contributed by atoms with Crippen molar-refractivity contribution >= 4 is 39.1 Å². The van der Waals surface area contributed by atoms with Crippen molar-refractivity contribution in [2.75, 3.05) is 7.05 Å². The van der Waals surface area contributed by atoms with Crippen LogP contribution in [0.4, 0.5) is 0 Å². The fourth-order valence-corrected chi connectivity index (χ4v) is 4.23. The highest BCUT2D eigenvalue weighted by Gasteiger charge is 2.35. The summed E-state index contributed by atoms with van der Waals surface area (Å²) in [6.07, 6.45) is 0.151. The Morgan fingerprint density at radius 3 is 2.71 bits per heavy atom. The number of hydrogen-bond donors (Lipinski definition) is 2.